The molecule has 0 unspecified atom stereocenters. The van der Waals surface area contributed by atoms with E-state index in [1.165, 1.54) is 5.69 Å². The predicted octanol–water partition coefficient (Wildman–Crippen LogP) is 1.88. The third-order valence-corrected chi connectivity index (χ3v) is 3.97. The molecule has 0 radical (unpaired) electrons. The minimum Gasteiger partial charge on any atom is -0.477 e. The van der Waals surface area contributed by atoms with Crippen LogP contribution in [0.5, 0.6) is 0 Å². The molecule has 2 aromatic heterocycles. The second kappa shape index (κ2) is 5.13. The van der Waals surface area contributed by atoms with Gasteiger partial charge in [-0.3, -0.25) is 10.00 Å². The van der Waals surface area contributed by atoms with E-state index in [1.54, 1.807) is 6.20 Å². The summed E-state index contributed by atoms with van der Waals surface area (Å²) in [6, 6.07) is 4.55. The van der Waals surface area contributed by atoms with E-state index < -0.39 is 5.97 Å². The maximum Gasteiger partial charge on any atom is 0.354 e. The van der Waals surface area contributed by atoms with Gasteiger partial charge in [-0.1, -0.05) is 6.92 Å². The summed E-state index contributed by atoms with van der Waals surface area (Å²) < 4.78 is 2.28. The van der Waals surface area contributed by atoms with Crippen LogP contribution in [0.25, 0.3) is 0 Å². The van der Waals surface area contributed by atoms with E-state index in [2.05, 4.69) is 44.9 Å². The van der Waals surface area contributed by atoms with Gasteiger partial charge in [0.2, 0.25) is 0 Å². The number of aromatic amines is 1. The summed E-state index contributed by atoms with van der Waals surface area (Å²) in [5.41, 5.74) is 2.25. The summed E-state index contributed by atoms with van der Waals surface area (Å²) in [6.07, 6.45) is 4.73. The molecule has 106 valence electrons. The number of hydrogen-bond acceptors (Lipinski definition) is 3. The number of fused-ring (bicyclic) bond motifs is 1. The lowest BCUT2D eigenvalue weighted by molar-refractivity contribution is 0.0686. The number of aromatic carboxylic acids is 1. The van der Waals surface area contributed by atoms with E-state index in [0.29, 0.717) is 12.6 Å². The van der Waals surface area contributed by atoms with Crippen LogP contribution in [-0.2, 0) is 13.1 Å². The van der Waals surface area contributed by atoms with Gasteiger partial charge in [0.25, 0.3) is 0 Å². The highest BCUT2D eigenvalue weighted by molar-refractivity contribution is 5.86. The van der Waals surface area contributed by atoms with Crippen LogP contribution in [0.15, 0.2) is 24.5 Å². The average molecular weight is 274 g/mol. The Morgan fingerprint density at radius 3 is 3.15 bits per heavy atom. The largest absolute Gasteiger partial charge is 0.477 e. The molecule has 1 aliphatic heterocycles. The van der Waals surface area contributed by atoms with Crippen molar-refractivity contribution in [2.45, 2.75) is 32.5 Å². The summed E-state index contributed by atoms with van der Waals surface area (Å²) in [4.78, 5) is 13.5. The number of carbonyl (C=O) groups is 1. The molecular formula is C14H18N4O2. The zero-order valence-corrected chi connectivity index (χ0v) is 11.4. The Morgan fingerprint density at radius 1 is 1.55 bits per heavy atom. The summed E-state index contributed by atoms with van der Waals surface area (Å²) in [5.74, 6) is -0.953. The zero-order valence-electron chi connectivity index (χ0n) is 11.4. The van der Waals surface area contributed by atoms with Crippen LogP contribution in [0.4, 0.5) is 0 Å². The van der Waals surface area contributed by atoms with Gasteiger partial charge in [0.15, 0.2) is 0 Å². The van der Waals surface area contributed by atoms with Crippen molar-refractivity contribution in [3.05, 3.63) is 41.5 Å². The minimum atomic E-state index is -0.953. The van der Waals surface area contributed by atoms with Gasteiger partial charge in [-0.05, 0) is 18.6 Å². The van der Waals surface area contributed by atoms with Gasteiger partial charge in [-0.25, -0.2) is 4.79 Å². The molecule has 0 saturated carbocycles. The van der Waals surface area contributed by atoms with Crippen LogP contribution in [0, 0.1) is 0 Å². The minimum absolute atomic E-state index is 0.195. The van der Waals surface area contributed by atoms with Crippen molar-refractivity contribution in [1.29, 1.82) is 0 Å². The highest BCUT2D eigenvalue weighted by atomic mass is 16.4. The topological polar surface area (TPSA) is 74.2 Å². The maximum atomic E-state index is 11.1. The molecule has 0 spiro atoms. The molecule has 6 nitrogen and oxygen atoms in total. The lowest BCUT2D eigenvalue weighted by Gasteiger charge is -2.36. The number of carboxylic acids is 1. The van der Waals surface area contributed by atoms with Crippen molar-refractivity contribution in [2.24, 2.45) is 0 Å². The van der Waals surface area contributed by atoms with Gasteiger partial charge in [0.1, 0.15) is 5.69 Å². The average Bonchev–Trinajstić information content (AvgIpc) is 3.06. The number of rotatable bonds is 4. The van der Waals surface area contributed by atoms with Crippen molar-refractivity contribution in [3.8, 4) is 0 Å². The van der Waals surface area contributed by atoms with E-state index in [4.69, 9.17) is 5.11 Å². The van der Waals surface area contributed by atoms with Gasteiger partial charge >= 0.3 is 5.97 Å². The summed E-state index contributed by atoms with van der Waals surface area (Å²) >= 11 is 0. The Morgan fingerprint density at radius 2 is 2.40 bits per heavy atom. The monoisotopic (exact) mass is 274 g/mol. The molecule has 3 rings (SSSR count). The molecular weight excluding hydrogens is 256 g/mol. The van der Waals surface area contributed by atoms with Crippen molar-refractivity contribution < 1.29 is 9.90 Å². The summed E-state index contributed by atoms with van der Waals surface area (Å²) in [6.45, 7) is 4.64. The van der Waals surface area contributed by atoms with Crippen molar-refractivity contribution >= 4 is 5.97 Å². The summed E-state index contributed by atoms with van der Waals surface area (Å²) in [7, 11) is 0. The molecule has 3 heterocycles. The van der Waals surface area contributed by atoms with Crippen molar-refractivity contribution in [3.63, 3.8) is 0 Å². The summed E-state index contributed by atoms with van der Waals surface area (Å²) in [5, 5.41) is 15.6. The quantitative estimate of drug-likeness (QED) is 0.892. The number of carboxylic acid groups (broad SMARTS) is 1. The van der Waals surface area contributed by atoms with Crippen LogP contribution in [0.1, 0.15) is 41.1 Å². The molecule has 0 bridgehead atoms. The number of nitrogens with one attached hydrogen (secondary N) is 1. The number of H-pyrrole nitrogens is 1. The molecule has 1 atom stereocenters. The van der Waals surface area contributed by atoms with Crippen LogP contribution >= 0.6 is 0 Å². The van der Waals surface area contributed by atoms with Crippen LogP contribution < -0.4 is 0 Å². The molecule has 20 heavy (non-hydrogen) atoms. The molecule has 0 amide bonds. The van der Waals surface area contributed by atoms with Crippen LogP contribution in [0.2, 0.25) is 0 Å². The first-order valence-electron chi connectivity index (χ1n) is 6.85. The third kappa shape index (κ3) is 2.12. The Hall–Kier alpha value is -2.08. The van der Waals surface area contributed by atoms with E-state index in [1.807, 2.05) is 0 Å². The molecule has 1 aliphatic rings. The van der Waals surface area contributed by atoms with Gasteiger partial charge in [0.05, 0.1) is 12.2 Å². The van der Waals surface area contributed by atoms with Crippen molar-refractivity contribution in [2.75, 3.05) is 6.54 Å². The molecule has 6 heteroatoms. The fraction of sp³-hybridized carbons (Fsp3) is 0.429. The SMILES string of the molecule is CC[C@@H]1c2cccn2CCN1Cc1cn[nH]c1C(=O)O. The first kappa shape index (κ1) is 12.9. The Bertz CT molecular complexity index is 616. The molecule has 2 N–H and O–H groups in total. The smallest absolute Gasteiger partial charge is 0.354 e. The van der Waals surface area contributed by atoms with Gasteiger partial charge in [0, 0.05) is 37.1 Å². The Kier molecular flexibility index (Phi) is 3.31. The van der Waals surface area contributed by atoms with Gasteiger partial charge < -0.3 is 9.67 Å². The van der Waals surface area contributed by atoms with E-state index in [0.717, 1.165) is 25.1 Å². The number of hydrogen-bond donors (Lipinski definition) is 2. The first-order chi connectivity index (χ1) is 9.70. The molecule has 2 aromatic rings. The van der Waals surface area contributed by atoms with E-state index in [-0.39, 0.29) is 5.69 Å². The number of aromatic nitrogens is 3. The predicted molar refractivity (Wildman–Crippen MR) is 73.4 cm³/mol. The molecule has 0 aliphatic carbocycles. The fourth-order valence-electron chi connectivity index (χ4n) is 3.00. The van der Waals surface area contributed by atoms with Crippen molar-refractivity contribution in [1.82, 2.24) is 19.7 Å². The zero-order chi connectivity index (χ0) is 14.1. The number of nitrogens with zero attached hydrogens (tertiary/aromatic N) is 3. The lowest BCUT2D eigenvalue weighted by Crippen LogP contribution is -2.37. The molecule has 0 saturated heterocycles. The fourth-order valence-corrected chi connectivity index (χ4v) is 3.00. The highest BCUT2D eigenvalue weighted by Crippen LogP contribution is 2.30. The Balaban J connectivity index is 1.84. The first-order valence-corrected chi connectivity index (χ1v) is 6.85. The molecule has 0 fully saturated rings. The molecule has 0 aromatic carbocycles. The van der Waals surface area contributed by atoms with E-state index in [9.17, 15) is 4.79 Å². The standard InChI is InChI=1S/C14H18N4O2/c1-2-11-12-4-3-5-17(12)6-7-18(11)9-10-8-15-16-13(10)14(19)20/h3-5,8,11H,2,6-7,9H2,1H3,(H,15,16)(H,19,20)/t11-/m1/s1. The van der Waals surface area contributed by atoms with Crippen LogP contribution in [-0.4, -0.2) is 37.3 Å². The second-order valence-electron chi connectivity index (χ2n) is 5.10. The highest BCUT2D eigenvalue weighted by Gasteiger charge is 2.27. The van der Waals surface area contributed by atoms with Gasteiger partial charge in [-0.15, -0.1) is 0 Å². The maximum absolute atomic E-state index is 11.1. The Labute approximate surface area is 117 Å². The lowest BCUT2D eigenvalue weighted by atomic mass is 10.1. The normalized spacial score (nSPS) is 18.9. The van der Waals surface area contributed by atoms with Gasteiger partial charge in [-0.2, -0.15) is 5.10 Å². The second-order valence-corrected chi connectivity index (χ2v) is 5.10. The van der Waals surface area contributed by atoms with Crippen LogP contribution in [0.3, 0.4) is 0 Å². The van der Waals surface area contributed by atoms with E-state index >= 15 is 0 Å². The third-order valence-electron chi connectivity index (χ3n) is 3.97.